The quantitative estimate of drug-likeness (QED) is 0.656. The van der Waals surface area contributed by atoms with E-state index in [1.165, 1.54) is 25.3 Å². The first kappa shape index (κ1) is 19.7. The van der Waals surface area contributed by atoms with Gasteiger partial charge >= 0.3 is 0 Å². The second kappa shape index (κ2) is 7.33. The average molecular weight is 415 g/mol. The summed E-state index contributed by atoms with van der Waals surface area (Å²) in [6.07, 6.45) is -0.169. The van der Waals surface area contributed by atoms with E-state index >= 15 is 0 Å². The van der Waals surface area contributed by atoms with Crippen LogP contribution in [0.5, 0.6) is 5.75 Å². The van der Waals surface area contributed by atoms with Crippen molar-refractivity contribution in [2.75, 3.05) is 12.4 Å². The van der Waals surface area contributed by atoms with Crippen molar-refractivity contribution in [1.29, 1.82) is 0 Å². The summed E-state index contributed by atoms with van der Waals surface area (Å²) in [6, 6.07) is 6.74. The largest absolute Gasteiger partial charge is 0.494 e. The lowest BCUT2D eigenvalue weighted by Gasteiger charge is -2.23. The van der Waals surface area contributed by atoms with Gasteiger partial charge in [-0.05, 0) is 37.3 Å². The summed E-state index contributed by atoms with van der Waals surface area (Å²) >= 11 is 0. The van der Waals surface area contributed by atoms with Crippen LogP contribution in [0.1, 0.15) is 34.0 Å². The number of ether oxygens (including phenoxy) is 1. The number of ketones is 1. The van der Waals surface area contributed by atoms with Crippen LogP contribution < -0.4 is 10.1 Å². The first-order chi connectivity index (χ1) is 14.3. The van der Waals surface area contributed by atoms with Crippen molar-refractivity contribution in [3.8, 4) is 11.4 Å². The Bertz CT molecular complexity index is 1190. The molecule has 2 aromatic carbocycles. The van der Waals surface area contributed by atoms with Crippen LogP contribution in [-0.2, 0) is 4.79 Å². The number of carbonyl (C=O) groups is 2. The van der Waals surface area contributed by atoms with Crippen LogP contribution >= 0.6 is 0 Å². The number of hydrogen-bond donors (Lipinski definition) is 1. The fourth-order valence-corrected chi connectivity index (χ4v) is 3.62. The summed E-state index contributed by atoms with van der Waals surface area (Å²) in [4.78, 5) is 25.4. The third kappa shape index (κ3) is 3.22. The van der Waals surface area contributed by atoms with Gasteiger partial charge in [0.05, 0.1) is 18.7 Å². The minimum atomic E-state index is -0.932. The van der Waals surface area contributed by atoms with Gasteiger partial charge in [-0.25, -0.2) is 17.9 Å². The number of nitrogens with one attached hydrogen (secondary N) is 1. The molecule has 1 atom stereocenters. The van der Waals surface area contributed by atoms with Crippen molar-refractivity contribution in [1.82, 2.24) is 9.78 Å². The number of anilines is 1. The zero-order chi connectivity index (χ0) is 21.6. The van der Waals surface area contributed by atoms with E-state index in [4.69, 9.17) is 4.74 Å². The number of fused-ring (bicyclic) bond motifs is 1. The highest BCUT2D eigenvalue weighted by atomic mass is 19.1. The first-order valence-electron chi connectivity index (χ1n) is 9.02. The van der Waals surface area contributed by atoms with E-state index in [1.54, 1.807) is 6.92 Å². The molecular formula is C21H16F3N3O3. The molecule has 0 fully saturated rings. The first-order valence-corrected chi connectivity index (χ1v) is 9.02. The van der Waals surface area contributed by atoms with Gasteiger partial charge in [0.2, 0.25) is 5.91 Å². The van der Waals surface area contributed by atoms with Crippen molar-refractivity contribution in [2.45, 2.75) is 19.3 Å². The highest BCUT2D eigenvalue weighted by molar-refractivity contribution is 6.08. The predicted octanol–water partition coefficient (Wildman–Crippen LogP) is 3.92. The van der Waals surface area contributed by atoms with E-state index in [1.807, 2.05) is 0 Å². The molecule has 9 heteroatoms. The minimum absolute atomic E-state index is 0.00980. The second-order valence-corrected chi connectivity index (χ2v) is 6.87. The van der Waals surface area contributed by atoms with Gasteiger partial charge in [-0.1, -0.05) is 0 Å². The fraction of sp³-hybridized carbons (Fsp3) is 0.190. The lowest BCUT2D eigenvalue weighted by Crippen LogP contribution is -2.28. The Morgan fingerprint density at radius 3 is 2.60 bits per heavy atom. The van der Waals surface area contributed by atoms with E-state index in [0.29, 0.717) is 17.3 Å². The Morgan fingerprint density at radius 1 is 1.17 bits per heavy atom. The van der Waals surface area contributed by atoms with E-state index in [9.17, 15) is 22.8 Å². The zero-order valence-electron chi connectivity index (χ0n) is 16.0. The molecule has 2 heterocycles. The lowest BCUT2D eigenvalue weighted by atomic mass is 9.85. The molecule has 1 aromatic heterocycles. The molecule has 0 saturated carbocycles. The molecule has 0 unspecified atom stereocenters. The van der Waals surface area contributed by atoms with Crippen molar-refractivity contribution >= 4 is 17.5 Å². The van der Waals surface area contributed by atoms with Gasteiger partial charge in [0.15, 0.2) is 23.2 Å². The van der Waals surface area contributed by atoms with Gasteiger partial charge < -0.3 is 10.1 Å². The number of amides is 1. The predicted molar refractivity (Wildman–Crippen MR) is 101 cm³/mol. The molecule has 0 aliphatic carbocycles. The third-order valence-electron chi connectivity index (χ3n) is 4.99. The minimum Gasteiger partial charge on any atom is -0.494 e. The van der Waals surface area contributed by atoms with Crippen LogP contribution in [0.4, 0.5) is 19.0 Å². The second-order valence-electron chi connectivity index (χ2n) is 6.87. The van der Waals surface area contributed by atoms with Crippen LogP contribution in [0.15, 0.2) is 36.4 Å². The molecule has 0 bridgehead atoms. The number of rotatable bonds is 4. The van der Waals surface area contributed by atoms with Gasteiger partial charge in [-0.2, -0.15) is 5.10 Å². The number of benzene rings is 2. The number of methoxy groups -OCH3 is 1. The SMILES string of the molecule is COc1ccc(C(=O)[C@@H]2CC(=O)Nc3c2c(C)nn3-c2ccc(F)cc2F)cc1F. The van der Waals surface area contributed by atoms with Gasteiger partial charge in [0.25, 0.3) is 0 Å². The molecule has 3 aromatic rings. The number of Topliss-reactive ketones (excluding diaryl/α,β-unsaturated/α-hetero) is 1. The third-order valence-corrected chi connectivity index (χ3v) is 4.99. The highest BCUT2D eigenvalue weighted by Gasteiger charge is 2.37. The maximum absolute atomic E-state index is 14.3. The Balaban J connectivity index is 1.81. The van der Waals surface area contributed by atoms with Gasteiger partial charge in [-0.15, -0.1) is 0 Å². The Hall–Kier alpha value is -3.62. The van der Waals surface area contributed by atoms with Crippen molar-refractivity contribution in [3.05, 3.63) is 70.7 Å². The van der Waals surface area contributed by atoms with E-state index in [2.05, 4.69) is 10.4 Å². The summed E-state index contributed by atoms with van der Waals surface area (Å²) in [5.74, 6) is -4.10. The van der Waals surface area contributed by atoms with E-state index in [0.717, 1.165) is 16.8 Å². The van der Waals surface area contributed by atoms with Gasteiger partial charge in [0.1, 0.15) is 17.3 Å². The summed E-state index contributed by atoms with van der Waals surface area (Å²) in [6.45, 7) is 1.61. The number of aryl methyl sites for hydroxylation is 1. The summed E-state index contributed by atoms with van der Waals surface area (Å²) in [5.41, 5.74) is 0.782. The molecule has 4 rings (SSSR count). The Kier molecular flexibility index (Phi) is 4.81. The van der Waals surface area contributed by atoms with Crippen LogP contribution in [0.2, 0.25) is 0 Å². The summed E-state index contributed by atoms with van der Waals surface area (Å²) in [5, 5.41) is 6.86. The fourth-order valence-electron chi connectivity index (χ4n) is 3.62. The molecule has 0 spiro atoms. The standard InChI is InChI=1S/C21H16F3N3O3/c1-10-19-13(20(29)11-3-6-17(30-2)15(24)7-11)9-18(28)25-21(19)27(26-10)16-5-4-12(22)8-14(16)23/h3-8,13H,9H2,1-2H3,(H,25,28)/t13-/m1/s1. The number of aromatic nitrogens is 2. The molecule has 6 nitrogen and oxygen atoms in total. The highest BCUT2D eigenvalue weighted by Crippen LogP contribution is 2.39. The summed E-state index contributed by atoms with van der Waals surface area (Å²) < 4.78 is 47.7. The number of halogens is 3. The summed E-state index contributed by atoms with van der Waals surface area (Å²) in [7, 11) is 1.31. The van der Waals surface area contributed by atoms with Crippen molar-refractivity contribution < 1.29 is 27.5 Å². The molecular weight excluding hydrogens is 399 g/mol. The molecule has 30 heavy (non-hydrogen) atoms. The average Bonchev–Trinajstić information content (AvgIpc) is 3.02. The number of hydrogen-bond acceptors (Lipinski definition) is 4. The molecule has 1 N–H and O–H groups in total. The number of carbonyl (C=O) groups excluding carboxylic acids is 2. The smallest absolute Gasteiger partial charge is 0.226 e. The van der Waals surface area contributed by atoms with Crippen LogP contribution in [0, 0.1) is 24.4 Å². The van der Waals surface area contributed by atoms with Gasteiger partial charge in [0, 0.05) is 23.6 Å². The lowest BCUT2D eigenvalue weighted by molar-refractivity contribution is -0.116. The molecule has 1 aliphatic heterocycles. The maximum Gasteiger partial charge on any atom is 0.226 e. The number of nitrogens with zero attached hydrogens (tertiary/aromatic N) is 2. The van der Waals surface area contributed by atoms with Crippen molar-refractivity contribution in [2.24, 2.45) is 0 Å². The van der Waals surface area contributed by atoms with E-state index < -0.39 is 35.1 Å². The molecule has 0 radical (unpaired) electrons. The van der Waals surface area contributed by atoms with Crippen LogP contribution in [0.25, 0.3) is 5.69 Å². The maximum atomic E-state index is 14.3. The zero-order valence-corrected chi connectivity index (χ0v) is 16.0. The normalized spacial score (nSPS) is 15.5. The van der Waals surface area contributed by atoms with Gasteiger partial charge in [-0.3, -0.25) is 9.59 Å². The van der Waals surface area contributed by atoms with Crippen molar-refractivity contribution in [3.63, 3.8) is 0 Å². The van der Waals surface area contributed by atoms with Crippen LogP contribution in [-0.4, -0.2) is 28.6 Å². The van der Waals surface area contributed by atoms with E-state index in [-0.39, 0.29) is 29.2 Å². The molecule has 0 saturated heterocycles. The topological polar surface area (TPSA) is 73.2 Å². The monoisotopic (exact) mass is 415 g/mol. The molecule has 154 valence electrons. The Morgan fingerprint density at radius 2 is 1.93 bits per heavy atom. The Labute approximate surface area is 169 Å². The van der Waals surface area contributed by atoms with Crippen LogP contribution in [0.3, 0.4) is 0 Å². The molecule has 1 aliphatic rings. The molecule has 1 amide bonds.